The fraction of sp³-hybridized carbons (Fsp3) is 0.545. The lowest BCUT2D eigenvalue weighted by Crippen LogP contribution is -2.21. The minimum Gasteiger partial charge on any atom is -0.388 e. The van der Waals surface area contributed by atoms with Gasteiger partial charge in [-0.25, -0.2) is 9.97 Å². The second kappa shape index (κ2) is 5.37. The summed E-state index contributed by atoms with van der Waals surface area (Å²) in [7, 11) is 0. The van der Waals surface area contributed by atoms with Crippen molar-refractivity contribution in [3.63, 3.8) is 0 Å². The predicted octanol–water partition coefficient (Wildman–Crippen LogP) is 0.948. The fourth-order valence-corrected chi connectivity index (χ4v) is 1.93. The molecule has 2 atom stereocenters. The molecule has 1 aliphatic heterocycles. The SMILES string of the molecule is CC1OCCC1CNc1cnc(C(N)=S)cn1. The first-order valence-corrected chi connectivity index (χ1v) is 6.05. The Kier molecular flexibility index (Phi) is 3.86. The average molecular weight is 252 g/mol. The molecule has 0 spiro atoms. The number of nitrogens with zero attached hydrogens (tertiary/aromatic N) is 2. The van der Waals surface area contributed by atoms with Crippen molar-refractivity contribution in [2.45, 2.75) is 19.4 Å². The molecule has 0 aromatic carbocycles. The number of nitrogens with one attached hydrogen (secondary N) is 1. The van der Waals surface area contributed by atoms with Crippen LogP contribution in [0.1, 0.15) is 19.0 Å². The van der Waals surface area contributed by atoms with E-state index in [9.17, 15) is 0 Å². The van der Waals surface area contributed by atoms with E-state index >= 15 is 0 Å². The van der Waals surface area contributed by atoms with Crippen LogP contribution in [0, 0.1) is 5.92 Å². The maximum Gasteiger partial charge on any atom is 0.144 e. The first kappa shape index (κ1) is 12.2. The van der Waals surface area contributed by atoms with Crippen LogP contribution in [-0.2, 0) is 4.74 Å². The summed E-state index contributed by atoms with van der Waals surface area (Å²) in [5.41, 5.74) is 5.99. The first-order chi connectivity index (χ1) is 8.16. The Hall–Kier alpha value is -1.27. The molecule has 5 nitrogen and oxygen atoms in total. The number of ether oxygens (including phenoxy) is 1. The highest BCUT2D eigenvalue weighted by molar-refractivity contribution is 7.80. The van der Waals surface area contributed by atoms with Crippen molar-refractivity contribution in [1.29, 1.82) is 0 Å². The van der Waals surface area contributed by atoms with E-state index in [-0.39, 0.29) is 4.99 Å². The van der Waals surface area contributed by atoms with Gasteiger partial charge < -0.3 is 15.8 Å². The third-order valence-corrected chi connectivity index (χ3v) is 3.19. The summed E-state index contributed by atoms with van der Waals surface area (Å²) >= 11 is 4.81. The summed E-state index contributed by atoms with van der Waals surface area (Å²) in [5.74, 6) is 1.27. The number of anilines is 1. The standard InChI is InChI=1S/C11H16N4OS/c1-7-8(2-3-16-7)4-14-10-6-13-9(5-15-10)11(12)17/h5-8H,2-4H2,1H3,(H2,12,17)(H,14,15). The monoisotopic (exact) mass is 252 g/mol. The molecule has 0 amide bonds. The Bertz CT molecular complexity index is 395. The molecule has 17 heavy (non-hydrogen) atoms. The highest BCUT2D eigenvalue weighted by Crippen LogP contribution is 2.20. The van der Waals surface area contributed by atoms with Crippen LogP contribution >= 0.6 is 12.2 Å². The van der Waals surface area contributed by atoms with Crippen LogP contribution in [0.15, 0.2) is 12.4 Å². The summed E-state index contributed by atoms with van der Waals surface area (Å²) < 4.78 is 5.49. The summed E-state index contributed by atoms with van der Waals surface area (Å²) in [4.78, 5) is 8.59. The molecule has 0 radical (unpaired) electrons. The molecule has 1 aromatic rings. The molecule has 3 N–H and O–H groups in total. The predicted molar refractivity (Wildman–Crippen MR) is 69.9 cm³/mol. The van der Waals surface area contributed by atoms with Crippen molar-refractivity contribution in [1.82, 2.24) is 9.97 Å². The third-order valence-electron chi connectivity index (χ3n) is 2.98. The molecular weight excluding hydrogens is 236 g/mol. The number of thiocarbonyl (C=S) groups is 1. The van der Waals surface area contributed by atoms with Gasteiger partial charge in [0.05, 0.1) is 18.5 Å². The van der Waals surface area contributed by atoms with Crippen LogP contribution < -0.4 is 11.1 Å². The minimum atomic E-state index is 0.266. The molecule has 2 unspecified atom stereocenters. The second-order valence-corrected chi connectivity index (χ2v) is 4.60. The van der Waals surface area contributed by atoms with Crippen molar-refractivity contribution in [2.24, 2.45) is 11.7 Å². The van der Waals surface area contributed by atoms with E-state index in [0.717, 1.165) is 25.4 Å². The molecule has 1 fully saturated rings. The summed E-state index contributed by atoms with van der Waals surface area (Å²) in [6.07, 6.45) is 4.63. The molecule has 1 aromatic heterocycles. The van der Waals surface area contributed by atoms with Gasteiger partial charge in [0.2, 0.25) is 0 Å². The van der Waals surface area contributed by atoms with E-state index in [1.165, 1.54) is 0 Å². The van der Waals surface area contributed by atoms with Crippen LogP contribution in [0.4, 0.5) is 5.82 Å². The van der Waals surface area contributed by atoms with Gasteiger partial charge in [0.1, 0.15) is 16.5 Å². The van der Waals surface area contributed by atoms with Crippen molar-refractivity contribution >= 4 is 23.0 Å². The molecule has 2 heterocycles. The van der Waals surface area contributed by atoms with E-state index in [0.29, 0.717) is 17.7 Å². The van der Waals surface area contributed by atoms with Gasteiger partial charge in [0.25, 0.3) is 0 Å². The maximum atomic E-state index is 5.49. The smallest absolute Gasteiger partial charge is 0.144 e. The van der Waals surface area contributed by atoms with Gasteiger partial charge in [-0.15, -0.1) is 0 Å². The third kappa shape index (κ3) is 3.10. The number of hydrogen-bond acceptors (Lipinski definition) is 5. The second-order valence-electron chi connectivity index (χ2n) is 4.16. The van der Waals surface area contributed by atoms with E-state index in [4.69, 9.17) is 22.7 Å². The van der Waals surface area contributed by atoms with Crippen LogP contribution in [0.25, 0.3) is 0 Å². The lowest BCUT2D eigenvalue weighted by molar-refractivity contribution is 0.108. The Morgan fingerprint density at radius 1 is 1.59 bits per heavy atom. The average Bonchev–Trinajstić information content (AvgIpc) is 2.73. The quantitative estimate of drug-likeness (QED) is 0.777. The zero-order chi connectivity index (χ0) is 12.3. The lowest BCUT2D eigenvalue weighted by Gasteiger charge is -2.14. The number of hydrogen-bond donors (Lipinski definition) is 2. The van der Waals surface area contributed by atoms with E-state index in [1.807, 2.05) is 0 Å². The minimum absolute atomic E-state index is 0.266. The van der Waals surface area contributed by atoms with E-state index < -0.39 is 0 Å². The zero-order valence-electron chi connectivity index (χ0n) is 9.72. The van der Waals surface area contributed by atoms with Crippen LogP contribution in [0.5, 0.6) is 0 Å². The van der Waals surface area contributed by atoms with Gasteiger partial charge in [-0.3, -0.25) is 0 Å². The van der Waals surface area contributed by atoms with Crippen molar-refractivity contribution in [2.75, 3.05) is 18.5 Å². The van der Waals surface area contributed by atoms with Crippen LogP contribution in [0.2, 0.25) is 0 Å². The number of rotatable bonds is 4. The van der Waals surface area contributed by atoms with Gasteiger partial charge >= 0.3 is 0 Å². The van der Waals surface area contributed by atoms with Crippen molar-refractivity contribution in [3.8, 4) is 0 Å². The van der Waals surface area contributed by atoms with E-state index in [2.05, 4.69) is 22.2 Å². The topological polar surface area (TPSA) is 73.1 Å². The van der Waals surface area contributed by atoms with Gasteiger partial charge in [0.15, 0.2) is 0 Å². The molecule has 0 bridgehead atoms. The van der Waals surface area contributed by atoms with Gasteiger partial charge in [0, 0.05) is 19.1 Å². The fourth-order valence-electron chi connectivity index (χ4n) is 1.83. The van der Waals surface area contributed by atoms with Crippen molar-refractivity contribution < 1.29 is 4.74 Å². The molecule has 1 saturated heterocycles. The molecule has 2 rings (SSSR count). The number of nitrogens with two attached hydrogens (primary N) is 1. The van der Waals surface area contributed by atoms with Crippen LogP contribution in [-0.4, -0.2) is 34.2 Å². The van der Waals surface area contributed by atoms with Crippen molar-refractivity contribution in [3.05, 3.63) is 18.1 Å². The summed E-state index contributed by atoms with van der Waals surface area (Å²) in [6.45, 7) is 3.79. The maximum absolute atomic E-state index is 5.49. The number of aromatic nitrogens is 2. The largest absolute Gasteiger partial charge is 0.388 e. The highest BCUT2D eigenvalue weighted by Gasteiger charge is 2.23. The molecular formula is C11H16N4OS. The first-order valence-electron chi connectivity index (χ1n) is 5.64. The zero-order valence-corrected chi connectivity index (χ0v) is 10.5. The highest BCUT2D eigenvalue weighted by atomic mass is 32.1. The Morgan fingerprint density at radius 2 is 2.41 bits per heavy atom. The molecule has 0 aliphatic carbocycles. The van der Waals surface area contributed by atoms with Gasteiger partial charge in [-0.2, -0.15) is 0 Å². The Balaban J connectivity index is 1.88. The Labute approximate surface area is 106 Å². The van der Waals surface area contributed by atoms with Gasteiger partial charge in [-0.1, -0.05) is 12.2 Å². The van der Waals surface area contributed by atoms with Gasteiger partial charge in [-0.05, 0) is 13.3 Å². The molecule has 1 aliphatic rings. The molecule has 0 saturated carbocycles. The normalized spacial score (nSPS) is 23.6. The molecule has 6 heteroatoms. The lowest BCUT2D eigenvalue weighted by atomic mass is 10.0. The molecule has 92 valence electrons. The Morgan fingerprint density at radius 3 is 2.94 bits per heavy atom. The summed E-state index contributed by atoms with van der Waals surface area (Å²) in [6, 6.07) is 0. The van der Waals surface area contributed by atoms with Crippen LogP contribution in [0.3, 0.4) is 0 Å². The van der Waals surface area contributed by atoms with E-state index in [1.54, 1.807) is 12.4 Å². The summed E-state index contributed by atoms with van der Waals surface area (Å²) in [5, 5.41) is 3.25.